The molecule has 1 rings (SSSR count). The summed E-state index contributed by atoms with van der Waals surface area (Å²) in [5, 5.41) is 10.7. The molecule has 1 aromatic carbocycles. The van der Waals surface area contributed by atoms with Crippen molar-refractivity contribution in [1.82, 2.24) is 0 Å². The Bertz CT molecular complexity index is 439. The molecule has 0 aliphatic rings. The van der Waals surface area contributed by atoms with E-state index in [1.807, 2.05) is 45.0 Å². The Morgan fingerprint density at radius 3 is 1.80 bits per heavy atom. The first kappa shape index (κ1) is 17.2. The van der Waals surface area contributed by atoms with Gasteiger partial charge in [0.1, 0.15) is 5.75 Å². The minimum atomic E-state index is -1.79. The van der Waals surface area contributed by atoms with Crippen molar-refractivity contribution in [3.05, 3.63) is 29.8 Å². The molecule has 1 atom stereocenters. The summed E-state index contributed by atoms with van der Waals surface area (Å²) in [4.78, 5) is 0. The van der Waals surface area contributed by atoms with Crippen molar-refractivity contribution < 1.29 is 9.53 Å². The van der Waals surface area contributed by atoms with Crippen LogP contribution in [0.1, 0.15) is 47.1 Å². The van der Waals surface area contributed by atoms with Crippen LogP contribution >= 0.6 is 0 Å². The number of hydrogen-bond acceptors (Lipinski definition) is 2. The van der Waals surface area contributed by atoms with Crippen LogP contribution in [-0.2, 0) is 5.60 Å². The van der Waals surface area contributed by atoms with Crippen LogP contribution in [0.5, 0.6) is 5.75 Å². The molecular formula is C17H30O2Si. The number of benzene rings is 1. The molecule has 0 saturated heterocycles. The fraction of sp³-hybridized carbons (Fsp3) is 0.647. The smallest absolute Gasteiger partial charge is 0.250 e. The summed E-state index contributed by atoms with van der Waals surface area (Å²) >= 11 is 0. The zero-order valence-electron chi connectivity index (χ0n) is 14.2. The molecule has 0 spiro atoms. The Kier molecular flexibility index (Phi) is 4.77. The molecule has 0 fully saturated rings. The summed E-state index contributed by atoms with van der Waals surface area (Å²) in [5.41, 5.74) is 0.144. The van der Waals surface area contributed by atoms with Crippen molar-refractivity contribution in [3.63, 3.8) is 0 Å². The zero-order chi connectivity index (χ0) is 15.8. The Hall–Kier alpha value is -0.803. The second-order valence-corrected chi connectivity index (χ2v) is 12.4. The van der Waals surface area contributed by atoms with Crippen molar-refractivity contribution in [1.29, 1.82) is 0 Å². The Morgan fingerprint density at radius 1 is 1.00 bits per heavy atom. The zero-order valence-corrected chi connectivity index (χ0v) is 15.2. The Labute approximate surface area is 125 Å². The maximum Gasteiger partial charge on any atom is 0.250 e. The van der Waals surface area contributed by atoms with Crippen molar-refractivity contribution in [2.24, 2.45) is 5.92 Å². The maximum atomic E-state index is 10.5. The van der Waals surface area contributed by atoms with E-state index in [0.717, 1.165) is 11.3 Å². The fourth-order valence-electron chi connectivity index (χ4n) is 1.64. The summed E-state index contributed by atoms with van der Waals surface area (Å²) in [6.07, 6.45) is 0. The van der Waals surface area contributed by atoms with Crippen LogP contribution in [-0.4, -0.2) is 13.4 Å². The lowest BCUT2D eigenvalue weighted by Gasteiger charge is -2.36. The largest absolute Gasteiger partial charge is 0.544 e. The SMILES string of the molecule is CC(C)C(C)(O)c1ccc(O[Si](C)(C)C(C)(C)C)cc1. The molecule has 1 N–H and O–H groups in total. The topological polar surface area (TPSA) is 29.5 Å². The van der Waals surface area contributed by atoms with E-state index in [2.05, 4.69) is 33.9 Å². The number of aliphatic hydroxyl groups is 1. The molecule has 0 radical (unpaired) electrons. The van der Waals surface area contributed by atoms with Gasteiger partial charge >= 0.3 is 0 Å². The predicted octanol–water partition coefficient (Wildman–Crippen LogP) is 4.93. The van der Waals surface area contributed by atoms with Crippen molar-refractivity contribution in [2.45, 2.75) is 65.3 Å². The van der Waals surface area contributed by atoms with Gasteiger partial charge in [0.25, 0.3) is 0 Å². The Balaban J connectivity index is 2.94. The molecule has 0 bridgehead atoms. The molecule has 0 aliphatic carbocycles. The highest BCUT2D eigenvalue weighted by molar-refractivity contribution is 6.74. The maximum absolute atomic E-state index is 10.5. The normalized spacial score (nSPS) is 16.1. The molecular weight excluding hydrogens is 264 g/mol. The quantitative estimate of drug-likeness (QED) is 0.797. The summed E-state index contributed by atoms with van der Waals surface area (Å²) in [7, 11) is -1.79. The molecule has 114 valence electrons. The van der Waals surface area contributed by atoms with Gasteiger partial charge in [-0.15, -0.1) is 0 Å². The first-order valence-corrected chi connectivity index (χ1v) is 10.3. The van der Waals surface area contributed by atoms with Gasteiger partial charge in [-0.25, -0.2) is 0 Å². The van der Waals surface area contributed by atoms with Crippen molar-refractivity contribution in [2.75, 3.05) is 0 Å². The lowest BCUT2D eigenvalue weighted by molar-refractivity contribution is 0.00903. The van der Waals surface area contributed by atoms with Gasteiger partial charge in [0, 0.05) is 0 Å². The van der Waals surface area contributed by atoms with E-state index in [1.165, 1.54) is 0 Å². The van der Waals surface area contributed by atoms with Crippen LogP contribution < -0.4 is 4.43 Å². The molecule has 3 heteroatoms. The van der Waals surface area contributed by atoms with Gasteiger partial charge in [0.05, 0.1) is 5.60 Å². The average Bonchev–Trinajstić information content (AvgIpc) is 2.27. The van der Waals surface area contributed by atoms with Gasteiger partial charge in [0.2, 0.25) is 8.32 Å². The summed E-state index contributed by atoms with van der Waals surface area (Å²) in [5.74, 6) is 1.08. The van der Waals surface area contributed by atoms with E-state index in [-0.39, 0.29) is 11.0 Å². The van der Waals surface area contributed by atoms with E-state index < -0.39 is 13.9 Å². The highest BCUT2D eigenvalue weighted by atomic mass is 28.4. The molecule has 20 heavy (non-hydrogen) atoms. The first-order valence-electron chi connectivity index (χ1n) is 7.40. The van der Waals surface area contributed by atoms with Crippen LogP contribution in [0.3, 0.4) is 0 Å². The van der Waals surface area contributed by atoms with Crippen LogP contribution in [0.2, 0.25) is 18.1 Å². The van der Waals surface area contributed by atoms with Gasteiger partial charge in [-0.1, -0.05) is 46.8 Å². The minimum absolute atomic E-state index is 0.176. The molecule has 0 saturated carbocycles. The third-order valence-corrected chi connectivity index (χ3v) is 9.10. The summed E-state index contributed by atoms with van der Waals surface area (Å²) in [6.45, 7) is 17.1. The van der Waals surface area contributed by atoms with E-state index in [0.29, 0.717) is 0 Å². The van der Waals surface area contributed by atoms with Gasteiger partial charge in [-0.2, -0.15) is 0 Å². The Morgan fingerprint density at radius 2 is 1.45 bits per heavy atom. The van der Waals surface area contributed by atoms with Crippen molar-refractivity contribution in [3.8, 4) is 5.75 Å². The monoisotopic (exact) mass is 294 g/mol. The highest BCUT2D eigenvalue weighted by Crippen LogP contribution is 2.38. The highest BCUT2D eigenvalue weighted by Gasteiger charge is 2.39. The number of rotatable bonds is 4. The molecule has 0 amide bonds. The molecule has 1 unspecified atom stereocenters. The third-order valence-electron chi connectivity index (χ3n) is 4.74. The van der Waals surface area contributed by atoms with E-state index in [4.69, 9.17) is 4.43 Å². The second-order valence-electron chi connectivity index (χ2n) is 7.69. The van der Waals surface area contributed by atoms with Crippen LogP contribution in [0.25, 0.3) is 0 Å². The average molecular weight is 295 g/mol. The first-order chi connectivity index (χ1) is 8.88. The molecule has 0 aliphatic heterocycles. The standard InChI is InChI=1S/C17H30O2Si/c1-13(2)17(6,18)14-9-11-15(12-10-14)19-20(7,8)16(3,4)5/h9-13,18H,1-8H3. The minimum Gasteiger partial charge on any atom is -0.544 e. The van der Waals surface area contributed by atoms with Gasteiger partial charge < -0.3 is 9.53 Å². The molecule has 0 heterocycles. The third kappa shape index (κ3) is 3.64. The van der Waals surface area contributed by atoms with Crippen molar-refractivity contribution >= 4 is 8.32 Å². The predicted molar refractivity (Wildman–Crippen MR) is 88.7 cm³/mol. The van der Waals surface area contributed by atoms with Crippen LogP contribution in [0.4, 0.5) is 0 Å². The van der Waals surface area contributed by atoms with Gasteiger partial charge in [0.15, 0.2) is 0 Å². The van der Waals surface area contributed by atoms with Gasteiger partial charge in [-0.05, 0) is 48.7 Å². The van der Waals surface area contributed by atoms with E-state index >= 15 is 0 Å². The van der Waals surface area contributed by atoms with E-state index in [1.54, 1.807) is 0 Å². The molecule has 2 nitrogen and oxygen atoms in total. The number of hydrogen-bond donors (Lipinski definition) is 1. The van der Waals surface area contributed by atoms with Gasteiger partial charge in [-0.3, -0.25) is 0 Å². The molecule has 0 aromatic heterocycles. The van der Waals surface area contributed by atoms with Crippen LogP contribution in [0, 0.1) is 5.92 Å². The van der Waals surface area contributed by atoms with Crippen LogP contribution in [0.15, 0.2) is 24.3 Å². The summed E-state index contributed by atoms with van der Waals surface area (Å²) < 4.78 is 6.25. The van der Waals surface area contributed by atoms with E-state index in [9.17, 15) is 5.11 Å². The lowest BCUT2D eigenvalue weighted by Crippen LogP contribution is -2.43. The lowest BCUT2D eigenvalue weighted by atomic mass is 9.85. The second kappa shape index (κ2) is 5.53. The fourth-order valence-corrected chi connectivity index (χ4v) is 2.67. The molecule has 1 aromatic rings. The summed E-state index contributed by atoms with van der Waals surface area (Å²) in [6, 6.07) is 7.91.